The second-order valence-electron chi connectivity index (χ2n) is 6.02. The summed E-state index contributed by atoms with van der Waals surface area (Å²) in [6.07, 6.45) is 1.34. The van der Waals surface area contributed by atoms with Gasteiger partial charge in [-0.3, -0.25) is 9.89 Å². The number of aromatic amines is 1. The van der Waals surface area contributed by atoms with E-state index >= 15 is 0 Å². The molecular formula is C17H20ClN3O2. The maximum atomic E-state index is 12.6. The van der Waals surface area contributed by atoms with Gasteiger partial charge in [-0.05, 0) is 37.8 Å². The average molecular weight is 334 g/mol. The summed E-state index contributed by atoms with van der Waals surface area (Å²) in [5.41, 5.74) is 1.94. The minimum atomic E-state index is -0.314. The number of aromatic nitrogens is 2. The summed E-state index contributed by atoms with van der Waals surface area (Å²) in [5, 5.41) is 17.3. The van der Waals surface area contributed by atoms with Gasteiger partial charge in [0.05, 0.1) is 16.8 Å². The minimum Gasteiger partial charge on any atom is -0.393 e. The number of aliphatic hydroxyl groups is 1. The van der Waals surface area contributed by atoms with E-state index in [-0.39, 0.29) is 17.9 Å². The third-order valence-corrected chi connectivity index (χ3v) is 4.80. The molecule has 1 aliphatic heterocycles. The molecule has 0 saturated carbocycles. The number of carbonyl (C=O) groups is 1. The Kier molecular flexibility index (Phi) is 4.68. The molecule has 2 heterocycles. The Balaban J connectivity index is 1.71. The molecule has 1 atom stereocenters. The van der Waals surface area contributed by atoms with Gasteiger partial charge in [0.15, 0.2) is 0 Å². The monoisotopic (exact) mass is 333 g/mol. The second-order valence-corrected chi connectivity index (χ2v) is 6.42. The predicted molar refractivity (Wildman–Crippen MR) is 89.3 cm³/mol. The summed E-state index contributed by atoms with van der Waals surface area (Å²) < 4.78 is 0. The second kappa shape index (κ2) is 6.72. The zero-order valence-electron chi connectivity index (χ0n) is 13.0. The van der Waals surface area contributed by atoms with E-state index in [2.05, 4.69) is 10.2 Å². The van der Waals surface area contributed by atoms with Gasteiger partial charge in [-0.2, -0.15) is 5.10 Å². The molecule has 0 spiro atoms. The predicted octanol–water partition coefficient (Wildman–Crippen LogP) is 2.96. The molecule has 1 fully saturated rings. The number of rotatable bonds is 3. The molecule has 0 aliphatic carbocycles. The fraction of sp³-hybridized carbons (Fsp3) is 0.412. The molecule has 0 bridgehead atoms. The van der Waals surface area contributed by atoms with Gasteiger partial charge >= 0.3 is 0 Å². The molecule has 5 nitrogen and oxygen atoms in total. The molecule has 1 unspecified atom stereocenters. The summed E-state index contributed by atoms with van der Waals surface area (Å²) in [6.45, 7) is 3.14. The number of nitrogens with one attached hydrogen (secondary N) is 1. The Labute approximate surface area is 140 Å². The molecule has 2 aromatic rings. The lowest BCUT2D eigenvalue weighted by molar-refractivity contribution is 0.0517. The Morgan fingerprint density at radius 3 is 2.74 bits per heavy atom. The summed E-state index contributed by atoms with van der Waals surface area (Å²) in [7, 11) is 0. The van der Waals surface area contributed by atoms with E-state index < -0.39 is 0 Å². The van der Waals surface area contributed by atoms with Crippen molar-refractivity contribution in [3.63, 3.8) is 0 Å². The van der Waals surface area contributed by atoms with E-state index in [0.717, 1.165) is 18.4 Å². The van der Waals surface area contributed by atoms with Crippen LogP contribution in [0.5, 0.6) is 0 Å². The number of hydrogen-bond acceptors (Lipinski definition) is 3. The smallest absolute Gasteiger partial charge is 0.271 e. The van der Waals surface area contributed by atoms with E-state index in [4.69, 9.17) is 11.6 Å². The number of nitrogens with zero attached hydrogens (tertiary/aromatic N) is 2. The van der Waals surface area contributed by atoms with E-state index in [1.165, 1.54) is 0 Å². The van der Waals surface area contributed by atoms with Crippen LogP contribution in [0.25, 0.3) is 11.3 Å². The van der Waals surface area contributed by atoms with Crippen LogP contribution in [0.3, 0.4) is 0 Å². The van der Waals surface area contributed by atoms with Crippen LogP contribution < -0.4 is 0 Å². The standard InChI is InChI=1S/C17H20ClN3O2/c1-11(22)12-6-8-21(9-7-12)17(23)16-10-15(19-20-16)13-4-2-3-5-14(13)18/h2-5,10-12,22H,6-9H2,1H3,(H,19,20). The Morgan fingerprint density at radius 2 is 2.09 bits per heavy atom. The Bertz CT molecular complexity index is 691. The number of aliphatic hydroxyl groups excluding tert-OH is 1. The van der Waals surface area contributed by atoms with Crippen molar-refractivity contribution in [2.75, 3.05) is 13.1 Å². The normalized spacial score (nSPS) is 17.3. The number of halogens is 1. The minimum absolute atomic E-state index is 0.0557. The van der Waals surface area contributed by atoms with Crippen LogP contribution in [-0.4, -0.2) is 45.3 Å². The number of piperidine rings is 1. The summed E-state index contributed by atoms with van der Waals surface area (Å²) in [5.74, 6) is 0.222. The molecule has 3 rings (SSSR count). The molecular weight excluding hydrogens is 314 g/mol. The molecule has 122 valence electrons. The summed E-state index contributed by atoms with van der Waals surface area (Å²) in [6, 6.07) is 9.16. The van der Waals surface area contributed by atoms with Crippen molar-refractivity contribution in [3.05, 3.63) is 41.0 Å². The molecule has 1 aliphatic rings. The van der Waals surface area contributed by atoms with Gasteiger partial charge < -0.3 is 10.0 Å². The first-order valence-corrected chi connectivity index (χ1v) is 8.21. The van der Waals surface area contributed by atoms with Crippen LogP contribution >= 0.6 is 11.6 Å². The lowest BCUT2D eigenvalue weighted by Gasteiger charge is -2.32. The zero-order chi connectivity index (χ0) is 16.4. The van der Waals surface area contributed by atoms with Crippen molar-refractivity contribution in [1.82, 2.24) is 15.1 Å². The SMILES string of the molecule is CC(O)C1CCN(C(=O)c2cc(-c3ccccc3Cl)n[nH]2)CC1. The number of carbonyl (C=O) groups excluding carboxylic acids is 1. The molecule has 6 heteroatoms. The van der Waals surface area contributed by atoms with Crippen LogP contribution in [0.4, 0.5) is 0 Å². The first-order chi connectivity index (χ1) is 11.1. The highest BCUT2D eigenvalue weighted by Crippen LogP contribution is 2.27. The zero-order valence-corrected chi connectivity index (χ0v) is 13.8. The Morgan fingerprint density at radius 1 is 1.39 bits per heavy atom. The van der Waals surface area contributed by atoms with Crippen molar-refractivity contribution < 1.29 is 9.90 Å². The van der Waals surface area contributed by atoms with Crippen molar-refractivity contribution in [2.24, 2.45) is 5.92 Å². The van der Waals surface area contributed by atoms with Gasteiger partial charge in [-0.15, -0.1) is 0 Å². The number of likely N-dealkylation sites (tertiary alicyclic amines) is 1. The Hall–Kier alpha value is -1.85. The van der Waals surface area contributed by atoms with Gasteiger partial charge in [-0.25, -0.2) is 0 Å². The topological polar surface area (TPSA) is 69.2 Å². The highest BCUT2D eigenvalue weighted by Gasteiger charge is 2.27. The third-order valence-electron chi connectivity index (χ3n) is 4.47. The fourth-order valence-electron chi connectivity index (χ4n) is 2.99. The van der Waals surface area contributed by atoms with Gasteiger partial charge in [0.2, 0.25) is 0 Å². The van der Waals surface area contributed by atoms with E-state index in [0.29, 0.717) is 29.5 Å². The average Bonchev–Trinajstić information content (AvgIpc) is 3.04. The van der Waals surface area contributed by atoms with Crippen molar-refractivity contribution >= 4 is 17.5 Å². The van der Waals surface area contributed by atoms with Crippen molar-refractivity contribution in [2.45, 2.75) is 25.9 Å². The quantitative estimate of drug-likeness (QED) is 0.907. The first-order valence-electron chi connectivity index (χ1n) is 7.84. The van der Waals surface area contributed by atoms with Crippen molar-refractivity contribution in [3.8, 4) is 11.3 Å². The maximum absolute atomic E-state index is 12.6. The third kappa shape index (κ3) is 3.41. The summed E-state index contributed by atoms with van der Waals surface area (Å²) >= 11 is 6.17. The molecule has 1 aromatic carbocycles. The molecule has 1 aromatic heterocycles. The van der Waals surface area contributed by atoms with Crippen molar-refractivity contribution in [1.29, 1.82) is 0 Å². The van der Waals surface area contributed by atoms with E-state index in [9.17, 15) is 9.90 Å². The van der Waals surface area contributed by atoms with Gasteiger partial charge in [-0.1, -0.05) is 29.8 Å². The van der Waals surface area contributed by atoms with Crippen LogP contribution in [0, 0.1) is 5.92 Å². The van der Waals surface area contributed by atoms with Gasteiger partial charge in [0.25, 0.3) is 5.91 Å². The molecule has 0 radical (unpaired) electrons. The summed E-state index contributed by atoms with van der Waals surface area (Å²) in [4.78, 5) is 14.4. The number of benzene rings is 1. The lowest BCUT2D eigenvalue weighted by atomic mass is 9.92. The first kappa shape index (κ1) is 16.0. The molecule has 1 saturated heterocycles. The highest BCUT2D eigenvalue weighted by atomic mass is 35.5. The number of amides is 1. The largest absolute Gasteiger partial charge is 0.393 e. The molecule has 1 amide bonds. The van der Waals surface area contributed by atoms with Gasteiger partial charge in [0, 0.05) is 18.7 Å². The van der Waals surface area contributed by atoms with Gasteiger partial charge in [0.1, 0.15) is 5.69 Å². The van der Waals surface area contributed by atoms with Crippen LogP contribution in [-0.2, 0) is 0 Å². The van der Waals surface area contributed by atoms with E-state index in [1.54, 1.807) is 12.1 Å². The van der Waals surface area contributed by atoms with Crippen LogP contribution in [0.1, 0.15) is 30.3 Å². The number of hydrogen-bond donors (Lipinski definition) is 2. The molecule has 2 N–H and O–H groups in total. The van der Waals surface area contributed by atoms with Crippen LogP contribution in [0.15, 0.2) is 30.3 Å². The van der Waals surface area contributed by atoms with E-state index in [1.807, 2.05) is 30.0 Å². The fourth-order valence-corrected chi connectivity index (χ4v) is 3.23. The highest BCUT2D eigenvalue weighted by molar-refractivity contribution is 6.33. The molecule has 23 heavy (non-hydrogen) atoms. The maximum Gasteiger partial charge on any atom is 0.271 e. The van der Waals surface area contributed by atoms with Crippen LogP contribution in [0.2, 0.25) is 5.02 Å². The lowest BCUT2D eigenvalue weighted by Crippen LogP contribution is -2.40. The number of H-pyrrole nitrogens is 1.